The second-order valence-corrected chi connectivity index (χ2v) is 7.72. The SMILES string of the molecule is Cn1cnc(S(=O)(=O)NC[C@H]2CCN(C3CC3)C2)c1Cl. The lowest BCUT2D eigenvalue weighted by Crippen LogP contribution is -2.31. The highest BCUT2D eigenvalue weighted by atomic mass is 35.5. The smallest absolute Gasteiger partial charge is 0.261 e. The van der Waals surface area contributed by atoms with Crippen LogP contribution in [0.4, 0.5) is 0 Å². The van der Waals surface area contributed by atoms with Crippen molar-refractivity contribution in [1.29, 1.82) is 0 Å². The van der Waals surface area contributed by atoms with Gasteiger partial charge in [0.2, 0.25) is 5.03 Å². The number of nitrogens with zero attached hydrogens (tertiary/aromatic N) is 3. The van der Waals surface area contributed by atoms with Crippen LogP contribution in [0, 0.1) is 5.92 Å². The van der Waals surface area contributed by atoms with Crippen LogP contribution in [0.1, 0.15) is 19.3 Å². The third-order valence-corrected chi connectivity index (χ3v) is 5.94. The molecule has 1 aliphatic carbocycles. The highest BCUT2D eigenvalue weighted by molar-refractivity contribution is 7.89. The molecule has 20 heavy (non-hydrogen) atoms. The van der Waals surface area contributed by atoms with Crippen molar-refractivity contribution in [1.82, 2.24) is 19.2 Å². The molecule has 1 atom stereocenters. The molecule has 2 heterocycles. The van der Waals surface area contributed by atoms with Gasteiger partial charge >= 0.3 is 0 Å². The summed E-state index contributed by atoms with van der Waals surface area (Å²) in [5.41, 5.74) is 0. The summed E-state index contributed by atoms with van der Waals surface area (Å²) >= 11 is 5.93. The molecule has 1 N–H and O–H groups in total. The van der Waals surface area contributed by atoms with E-state index >= 15 is 0 Å². The molecule has 1 saturated heterocycles. The van der Waals surface area contributed by atoms with E-state index in [1.54, 1.807) is 7.05 Å². The average molecular weight is 319 g/mol. The van der Waals surface area contributed by atoms with Crippen LogP contribution >= 0.6 is 11.6 Å². The van der Waals surface area contributed by atoms with E-state index in [0.717, 1.165) is 25.6 Å². The lowest BCUT2D eigenvalue weighted by atomic mass is 10.1. The Morgan fingerprint density at radius 1 is 1.45 bits per heavy atom. The molecule has 0 spiro atoms. The molecule has 112 valence electrons. The predicted molar refractivity (Wildman–Crippen MR) is 76.1 cm³/mol. The number of rotatable bonds is 5. The van der Waals surface area contributed by atoms with Gasteiger partial charge in [0.15, 0.2) is 0 Å². The molecule has 8 heteroatoms. The Bertz CT molecular complexity index is 597. The number of likely N-dealkylation sites (tertiary alicyclic amines) is 1. The molecule has 2 fully saturated rings. The fourth-order valence-electron chi connectivity index (χ4n) is 2.67. The molecule has 0 unspecified atom stereocenters. The van der Waals surface area contributed by atoms with E-state index in [2.05, 4.69) is 14.6 Å². The third kappa shape index (κ3) is 2.86. The van der Waals surface area contributed by atoms with Crippen LogP contribution in [0.15, 0.2) is 11.4 Å². The summed E-state index contributed by atoms with van der Waals surface area (Å²) in [4.78, 5) is 6.32. The van der Waals surface area contributed by atoms with E-state index in [0.29, 0.717) is 12.5 Å². The Hall–Kier alpha value is -0.630. The van der Waals surface area contributed by atoms with E-state index in [9.17, 15) is 8.42 Å². The highest BCUT2D eigenvalue weighted by Gasteiger charge is 2.34. The maximum absolute atomic E-state index is 12.2. The Kier molecular flexibility index (Phi) is 3.79. The summed E-state index contributed by atoms with van der Waals surface area (Å²) in [7, 11) is -1.95. The van der Waals surface area contributed by atoms with Crippen LogP contribution in [0.25, 0.3) is 0 Å². The van der Waals surface area contributed by atoms with Gasteiger partial charge in [-0.15, -0.1) is 0 Å². The van der Waals surface area contributed by atoms with Crippen molar-refractivity contribution >= 4 is 21.6 Å². The van der Waals surface area contributed by atoms with Crippen LogP contribution in [0.5, 0.6) is 0 Å². The summed E-state index contributed by atoms with van der Waals surface area (Å²) in [6.07, 6.45) is 5.04. The molecule has 2 aliphatic rings. The van der Waals surface area contributed by atoms with Crippen molar-refractivity contribution in [2.45, 2.75) is 30.3 Å². The van der Waals surface area contributed by atoms with Crippen LogP contribution in [0.3, 0.4) is 0 Å². The zero-order valence-corrected chi connectivity index (χ0v) is 13.0. The largest absolute Gasteiger partial charge is 0.324 e. The zero-order valence-electron chi connectivity index (χ0n) is 11.4. The minimum atomic E-state index is -3.61. The van der Waals surface area contributed by atoms with Crippen LogP contribution in [0.2, 0.25) is 5.15 Å². The molecule has 6 nitrogen and oxygen atoms in total. The Morgan fingerprint density at radius 3 is 2.80 bits per heavy atom. The van der Waals surface area contributed by atoms with E-state index in [1.807, 2.05) is 0 Å². The van der Waals surface area contributed by atoms with Crippen molar-refractivity contribution in [2.75, 3.05) is 19.6 Å². The van der Waals surface area contributed by atoms with E-state index < -0.39 is 10.0 Å². The van der Waals surface area contributed by atoms with E-state index in [4.69, 9.17) is 11.6 Å². The fraction of sp³-hybridized carbons (Fsp3) is 0.750. The molecular weight excluding hydrogens is 300 g/mol. The molecule has 0 radical (unpaired) electrons. The number of nitrogens with one attached hydrogen (secondary N) is 1. The highest BCUT2D eigenvalue weighted by Crippen LogP contribution is 2.31. The molecule has 1 aromatic rings. The summed E-state index contributed by atoms with van der Waals surface area (Å²) in [5, 5.41) is 0.0576. The number of halogens is 1. The van der Waals surface area contributed by atoms with Gasteiger partial charge in [-0.3, -0.25) is 0 Å². The Balaban J connectivity index is 1.59. The van der Waals surface area contributed by atoms with Gasteiger partial charge in [0.1, 0.15) is 5.15 Å². The molecule has 1 saturated carbocycles. The first kappa shape index (κ1) is 14.3. The quantitative estimate of drug-likeness (QED) is 0.873. The van der Waals surface area contributed by atoms with Gasteiger partial charge in [-0.05, 0) is 31.7 Å². The van der Waals surface area contributed by atoms with Gasteiger partial charge in [0.05, 0.1) is 6.33 Å². The van der Waals surface area contributed by atoms with E-state index in [1.165, 1.54) is 23.7 Å². The summed E-state index contributed by atoms with van der Waals surface area (Å²) in [6.45, 7) is 2.53. The summed E-state index contributed by atoms with van der Waals surface area (Å²) in [6, 6.07) is 0.752. The lowest BCUT2D eigenvalue weighted by Gasteiger charge is -2.15. The first-order chi connectivity index (χ1) is 9.47. The Labute approximate surface area is 124 Å². The normalized spacial score (nSPS) is 24.4. The second-order valence-electron chi connectivity index (χ2n) is 5.68. The van der Waals surface area contributed by atoms with Gasteiger partial charge in [-0.2, -0.15) is 0 Å². The minimum absolute atomic E-state index is 0.0845. The number of aryl methyl sites for hydroxylation is 1. The van der Waals surface area contributed by atoms with Crippen LogP contribution in [-0.2, 0) is 17.1 Å². The van der Waals surface area contributed by atoms with Gasteiger partial charge in [-0.1, -0.05) is 11.6 Å². The first-order valence-corrected chi connectivity index (χ1v) is 8.74. The zero-order chi connectivity index (χ0) is 14.3. The third-order valence-electron chi connectivity index (χ3n) is 4.03. The molecule has 1 aliphatic heterocycles. The molecule has 1 aromatic heterocycles. The maximum Gasteiger partial charge on any atom is 0.261 e. The van der Waals surface area contributed by atoms with Gasteiger partial charge in [-0.25, -0.2) is 18.1 Å². The minimum Gasteiger partial charge on any atom is -0.324 e. The number of sulfonamides is 1. The monoisotopic (exact) mass is 318 g/mol. The summed E-state index contributed by atoms with van der Waals surface area (Å²) < 4.78 is 28.5. The number of hydrogen-bond acceptors (Lipinski definition) is 4. The predicted octanol–water partition coefficient (Wildman–Crippen LogP) is 0.836. The molecule has 3 rings (SSSR count). The topological polar surface area (TPSA) is 67.2 Å². The van der Waals surface area contributed by atoms with Crippen molar-refractivity contribution in [3.63, 3.8) is 0 Å². The van der Waals surface area contributed by atoms with Gasteiger partial charge < -0.3 is 9.47 Å². The van der Waals surface area contributed by atoms with Gasteiger partial charge in [0, 0.05) is 26.2 Å². The molecule has 0 amide bonds. The second kappa shape index (κ2) is 5.29. The van der Waals surface area contributed by atoms with Crippen LogP contribution in [-0.4, -0.2) is 48.5 Å². The average Bonchev–Trinajstić information content (AvgIpc) is 3.05. The van der Waals surface area contributed by atoms with Gasteiger partial charge in [0.25, 0.3) is 10.0 Å². The van der Waals surface area contributed by atoms with Crippen molar-refractivity contribution in [2.24, 2.45) is 13.0 Å². The molecular formula is C12H19ClN4O2S. The van der Waals surface area contributed by atoms with Crippen molar-refractivity contribution < 1.29 is 8.42 Å². The molecule has 0 aromatic carbocycles. The Morgan fingerprint density at radius 2 is 2.20 bits per heavy atom. The fourth-order valence-corrected chi connectivity index (χ4v) is 4.21. The number of aromatic nitrogens is 2. The molecule has 0 bridgehead atoms. The van der Waals surface area contributed by atoms with Crippen LogP contribution < -0.4 is 4.72 Å². The first-order valence-electron chi connectivity index (χ1n) is 6.88. The lowest BCUT2D eigenvalue weighted by molar-refractivity contribution is 0.314. The maximum atomic E-state index is 12.2. The van der Waals surface area contributed by atoms with Crippen molar-refractivity contribution in [3.05, 3.63) is 11.5 Å². The van der Waals surface area contributed by atoms with E-state index in [-0.39, 0.29) is 10.2 Å². The summed E-state index contributed by atoms with van der Waals surface area (Å²) in [5.74, 6) is 0.382. The number of hydrogen-bond donors (Lipinski definition) is 1. The standard InChI is InChI=1S/C12H19ClN4O2S/c1-16-8-14-12(11(16)13)20(18,19)15-6-9-4-5-17(7-9)10-2-3-10/h8-10,15H,2-7H2,1H3/t9-/m1/s1. The van der Waals surface area contributed by atoms with Crippen molar-refractivity contribution in [3.8, 4) is 0 Å². The number of imidazole rings is 1.